The van der Waals surface area contributed by atoms with Crippen molar-refractivity contribution in [2.75, 3.05) is 6.61 Å². The number of amides is 1. The van der Waals surface area contributed by atoms with Crippen molar-refractivity contribution in [1.82, 2.24) is 9.71 Å². The lowest BCUT2D eigenvalue weighted by Crippen LogP contribution is -2.35. The number of sulfonamides is 1. The molecule has 9 heteroatoms. The van der Waals surface area contributed by atoms with Gasteiger partial charge in [-0.25, -0.2) is 9.71 Å². The number of aryl methyl sites for hydroxylation is 1. The number of aromatic nitrogens is 1. The predicted octanol–water partition coefficient (Wildman–Crippen LogP) is 2.73. The fourth-order valence-electron chi connectivity index (χ4n) is 3.12. The maximum Gasteiger partial charge on any atom is 0.281 e. The van der Waals surface area contributed by atoms with Crippen LogP contribution in [0.5, 0.6) is 5.75 Å². The Balaban J connectivity index is 1.72. The molecule has 1 amide bonds. The molecule has 2 aromatic rings. The largest absolute Gasteiger partial charge is 0.483 e. The number of hydrogen-bond donors (Lipinski definition) is 1. The Labute approximate surface area is 165 Å². The van der Waals surface area contributed by atoms with Crippen LogP contribution in [0.3, 0.4) is 0 Å². The van der Waals surface area contributed by atoms with Gasteiger partial charge in [-0.05, 0) is 58.1 Å². The average molecular weight is 453 g/mol. The first-order valence-electron chi connectivity index (χ1n) is 8.15. The number of halogens is 1. The van der Waals surface area contributed by atoms with Gasteiger partial charge in [-0.2, -0.15) is 8.42 Å². The van der Waals surface area contributed by atoms with E-state index in [0.29, 0.717) is 22.2 Å². The number of hydrogen-bond acceptors (Lipinski definition) is 6. The summed E-state index contributed by atoms with van der Waals surface area (Å²) >= 11 is 3.16. The number of ether oxygens (including phenoxy) is 1. The Morgan fingerprint density at radius 2 is 2.07 bits per heavy atom. The van der Waals surface area contributed by atoms with Crippen LogP contribution >= 0.6 is 15.9 Å². The van der Waals surface area contributed by atoms with Crippen LogP contribution < -0.4 is 9.46 Å². The van der Waals surface area contributed by atoms with Crippen LogP contribution in [-0.4, -0.2) is 31.7 Å². The van der Waals surface area contributed by atoms with Crippen molar-refractivity contribution < 1.29 is 22.7 Å². The summed E-state index contributed by atoms with van der Waals surface area (Å²) in [5.74, 6) is -0.510. The van der Waals surface area contributed by atoms with E-state index in [9.17, 15) is 18.0 Å². The highest BCUT2D eigenvalue weighted by Crippen LogP contribution is 2.40. The van der Waals surface area contributed by atoms with Crippen molar-refractivity contribution >= 4 is 37.6 Å². The summed E-state index contributed by atoms with van der Waals surface area (Å²) < 4.78 is 32.3. The van der Waals surface area contributed by atoms with Crippen molar-refractivity contribution in [2.45, 2.75) is 31.2 Å². The fraction of sp³-hybridized carbons (Fsp3) is 0.278. The van der Waals surface area contributed by atoms with Crippen LogP contribution in [0, 0.1) is 6.92 Å². The molecule has 7 nitrogen and oxygen atoms in total. The van der Waals surface area contributed by atoms with E-state index >= 15 is 0 Å². The molecule has 0 saturated carbocycles. The van der Waals surface area contributed by atoms with Crippen molar-refractivity contribution in [1.29, 1.82) is 0 Å². The van der Waals surface area contributed by atoms with Crippen molar-refractivity contribution in [2.24, 2.45) is 0 Å². The average Bonchev–Trinajstić information content (AvgIpc) is 2.90. The molecule has 1 N–H and O–H groups in total. The van der Waals surface area contributed by atoms with E-state index < -0.39 is 22.5 Å². The Bertz CT molecular complexity index is 1020. The SMILES string of the molecule is Cc1ccc(OCC(=O)NS(=O)(=O)c2ccc(Br)cn2)c2c1C(C)CC2=O. The van der Waals surface area contributed by atoms with Gasteiger partial charge in [0.15, 0.2) is 17.4 Å². The van der Waals surface area contributed by atoms with Gasteiger partial charge in [0, 0.05) is 17.1 Å². The molecule has 1 atom stereocenters. The van der Waals surface area contributed by atoms with E-state index in [1.54, 1.807) is 6.07 Å². The van der Waals surface area contributed by atoms with Crippen LogP contribution in [-0.2, 0) is 14.8 Å². The van der Waals surface area contributed by atoms with Crippen LogP contribution in [0.1, 0.15) is 40.7 Å². The van der Waals surface area contributed by atoms with Crippen LogP contribution in [0.25, 0.3) is 0 Å². The Hall–Kier alpha value is -2.26. The molecule has 1 unspecified atom stereocenters. The normalized spacial score (nSPS) is 16.1. The number of ketones is 1. The zero-order chi connectivity index (χ0) is 19.8. The smallest absolute Gasteiger partial charge is 0.281 e. The second kappa shape index (κ2) is 7.40. The molecule has 0 bridgehead atoms. The van der Waals surface area contributed by atoms with Crippen LogP contribution in [0.15, 0.2) is 40.0 Å². The number of carbonyl (C=O) groups excluding carboxylic acids is 2. The Kier molecular flexibility index (Phi) is 5.34. The number of fused-ring (bicyclic) bond motifs is 1. The molecule has 1 heterocycles. The van der Waals surface area contributed by atoms with Crippen molar-refractivity contribution in [3.63, 3.8) is 0 Å². The maximum absolute atomic E-state index is 12.2. The van der Waals surface area contributed by atoms with Gasteiger partial charge in [0.25, 0.3) is 15.9 Å². The molecule has 1 aliphatic rings. The van der Waals surface area contributed by atoms with E-state index in [-0.39, 0.29) is 16.7 Å². The minimum atomic E-state index is -4.10. The molecule has 3 rings (SSSR count). The molecular weight excluding hydrogens is 436 g/mol. The maximum atomic E-state index is 12.2. The van der Waals surface area contributed by atoms with E-state index in [1.165, 1.54) is 18.3 Å². The van der Waals surface area contributed by atoms with Crippen LogP contribution in [0.2, 0.25) is 0 Å². The van der Waals surface area contributed by atoms with E-state index in [2.05, 4.69) is 20.9 Å². The molecular formula is C18H17BrN2O5S. The van der Waals surface area contributed by atoms with Gasteiger partial charge in [0.05, 0.1) is 5.56 Å². The molecule has 1 aromatic carbocycles. The van der Waals surface area contributed by atoms with E-state index in [1.807, 2.05) is 24.6 Å². The summed E-state index contributed by atoms with van der Waals surface area (Å²) in [6, 6.07) is 6.23. The second-order valence-corrected chi connectivity index (χ2v) is 8.87. The molecule has 0 radical (unpaired) electrons. The summed E-state index contributed by atoms with van der Waals surface area (Å²) in [6.07, 6.45) is 1.71. The van der Waals surface area contributed by atoms with Crippen molar-refractivity contribution in [3.05, 3.63) is 51.6 Å². The highest BCUT2D eigenvalue weighted by molar-refractivity contribution is 9.10. The minimum Gasteiger partial charge on any atom is -0.483 e. The first-order chi connectivity index (χ1) is 12.7. The van der Waals surface area contributed by atoms with E-state index in [4.69, 9.17) is 4.74 Å². The molecule has 142 valence electrons. The predicted molar refractivity (Wildman–Crippen MR) is 101 cm³/mol. The van der Waals surface area contributed by atoms with Gasteiger partial charge in [-0.15, -0.1) is 0 Å². The summed E-state index contributed by atoms with van der Waals surface area (Å²) in [7, 11) is -4.10. The van der Waals surface area contributed by atoms with Gasteiger partial charge >= 0.3 is 0 Å². The quantitative estimate of drug-likeness (QED) is 0.747. The molecule has 0 aliphatic heterocycles. The Morgan fingerprint density at radius 1 is 1.33 bits per heavy atom. The lowest BCUT2D eigenvalue weighted by molar-refractivity contribution is -0.121. The third-order valence-corrected chi connectivity index (χ3v) is 6.03. The lowest BCUT2D eigenvalue weighted by atomic mass is 9.97. The fourth-order valence-corrected chi connectivity index (χ4v) is 4.26. The van der Waals surface area contributed by atoms with Crippen molar-refractivity contribution in [3.8, 4) is 5.75 Å². The minimum absolute atomic E-state index is 0.0386. The van der Waals surface area contributed by atoms with E-state index in [0.717, 1.165) is 11.1 Å². The Morgan fingerprint density at radius 3 is 2.74 bits per heavy atom. The number of nitrogens with one attached hydrogen (secondary N) is 1. The number of rotatable bonds is 5. The zero-order valence-corrected chi connectivity index (χ0v) is 17.1. The number of pyridine rings is 1. The highest BCUT2D eigenvalue weighted by atomic mass is 79.9. The zero-order valence-electron chi connectivity index (χ0n) is 14.7. The molecule has 1 aromatic heterocycles. The first-order valence-corrected chi connectivity index (χ1v) is 10.4. The summed E-state index contributed by atoms with van der Waals surface area (Å²) in [4.78, 5) is 28.1. The van der Waals surface area contributed by atoms with Gasteiger partial charge in [-0.3, -0.25) is 9.59 Å². The molecule has 0 saturated heterocycles. The summed E-state index contributed by atoms with van der Waals surface area (Å²) in [5, 5.41) is -0.278. The topological polar surface area (TPSA) is 102 Å². The van der Waals surface area contributed by atoms with Gasteiger partial charge in [0.1, 0.15) is 5.75 Å². The third-order valence-electron chi connectivity index (χ3n) is 4.27. The van der Waals surface area contributed by atoms with Gasteiger partial charge in [0.2, 0.25) is 0 Å². The van der Waals surface area contributed by atoms with Gasteiger partial charge in [-0.1, -0.05) is 13.0 Å². The number of carbonyl (C=O) groups is 2. The first kappa shape index (κ1) is 19.5. The lowest BCUT2D eigenvalue weighted by Gasteiger charge is -2.13. The second-order valence-electron chi connectivity index (χ2n) is 6.33. The monoisotopic (exact) mass is 452 g/mol. The van der Waals surface area contributed by atoms with Crippen LogP contribution in [0.4, 0.5) is 0 Å². The summed E-state index contributed by atoms with van der Waals surface area (Å²) in [6.45, 7) is 3.35. The number of nitrogens with zero attached hydrogens (tertiary/aromatic N) is 1. The molecule has 0 spiro atoms. The van der Waals surface area contributed by atoms with Gasteiger partial charge < -0.3 is 4.74 Å². The molecule has 27 heavy (non-hydrogen) atoms. The number of benzene rings is 1. The number of Topliss-reactive ketones (excluding diaryl/α,β-unsaturated/α-hetero) is 1. The summed E-state index contributed by atoms with van der Waals surface area (Å²) in [5.41, 5.74) is 2.39. The third kappa shape index (κ3) is 4.03. The molecule has 1 aliphatic carbocycles. The highest BCUT2D eigenvalue weighted by Gasteiger charge is 2.31. The standard InChI is InChI=1S/C18H17BrN2O5S/c1-10-3-5-14(18-13(22)7-11(2)17(10)18)26-9-15(23)21-27(24,25)16-6-4-12(19)8-20-16/h3-6,8,11H,7,9H2,1-2H3,(H,21,23). The molecule has 0 fully saturated rings.